The Morgan fingerprint density at radius 3 is 1.20 bits per heavy atom. The summed E-state index contributed by atoms with van der Waals surface area (Å²) in [6.45, 7) is 0. The zero-order valence-electron chi connectivity index (χ0n) is 32.2. The Hall–Kier alpha value is -6.40. The van der Waals surface area contributed by atoms with Gasteiger partial charge in [-0.2, -0.15) is 0 Å². The van der Waals surface area contributed by atoms with Crippen LogP contribution in [0.4, 0.5) is 11.4 Å². The molecule has 6 aliphatic rings. The summed E-state index contributed by atoms with van der Waals surface area (Å²) in [7, 11) is -9.18. The monoisotopic (exact) mass is 824 g/mol. The summed E-state index contributed by atoms with van der Waals surface area (Å²) in [4.78, 5) is 30.8. The number of allylic oxidation sites excluding steroid dienone is 4. The number of rotatable bonds is 7. The van der Waals surface area contributed by atoms with Crippen LogP contribution < -0.4 is 29.0 Å². The topological polar surface area (TPSA) is 77.5 Å². The Morgan fingerprint density at radius 2 is 0.783 bits per heavy atom. The van der Waals surface area contributed by atoms with E-state index in [1.54, 1.807) is 0 Å². The van der Waals surface area contributed by atoms with Crippen molar-refractivity contribution in [2.45, 2.75) is 24.3 Å². The van der Waals surface area contributed by atoms with Gasteiger partial charge < -0.3 is 0 Å². The van der Waals surface area contributed by atoms with E-state index in [1.165, 1.54) is 0 Å². The van der Waals surface area contributed by atoms with Crippen LogP contribution >= 0.6 is 14.4 Å². The molecule has 0 amide bonds. The van der Waals surface area contributed by atoms with Gasteiger partial charge in [-0.15, -0.1) is 0 Å². The molecule has 294 valence electrons. The fourth-order valence-corrected chi connectivity index (χ4v) is 20.0. The van der Waals surface area contributed by atoms with Gasteiger partial charge >= 0.3 is 349 Å². The first-order valence-corrected chi connectivity index (χ1v) is 24.2. The van der Waals surface area contributed by atoms with E-state index in [0.29, 0.717) is 33.2 Å². The maximum atomic E-state index is 15.4. The third-order valence-electron chi connectivity index (χ3n) is 12.6. The van der Waals surface area contributed by atoms with E-state index in [1.807, 2.05) is 194 Å². The normalized spacial score (nSPS) is 25.7. The average molecular weight is 825 g/mol. The molecular formula is C50H38N2O6P2. The van der Waals surface area contributed by atoms with Gasteiger partial charge in [0, 0.05) is 0 Å². The quantitative estimate of drug-likeness (QED) is 0.147. The van der Waals surface area contributed by atoms with Crippen molar-refractivity contribution in [1.29, 1.82) is 0 Å². The molecule has 12 rings (SSSR count). The van der Waals surface area contributed by atoms with Crippen LogP contribution in [-0.4, -0.2) is 35.3 Å². The molecule has 2 saturated heterocycles. The number of para-hydroxylation sites is 4. The zero-order chi connectivity index (χ0) is 40.2. The molecule has 4 aliphatic heterocycles. The number of fused-ring (bicyclic) bond motifs is 10. The van der Waals surface area contributed by atoms with Gasteiger partial charge in [-0.25, -0.2) is 0 Å². The van der Waals surface area contributed by atoms with E-state index in [9.17, 15) is 0 Å². The molecule has 0 spiro atoms. The Bertz CT molecular complexity index is 2700. The van der Waals surface area contributed by atoms with E-state index in [4.69, 9.17) is 18.1 Å². The van der Waals surface area contributed by atoms with Gasteiger partial charge in [0.1, 0.15) is 0 Å². The Kier molecular flexibility index (Phi) is 7.44. The van der Waals surface area contributed by atoms with Crippen LogP contribution in [0.1, 0.15) is 20.7 Å². The second kappa shape index (κ2) is 12.6. The summed E-state index contributed by atoms with van der Waals surface area (Å²) in [6.07, 6.45) is 15.4. The van der Waals surface area contributed by atoms with Crippen LogP contribution in [0.25, 0.3) is 11.1 Å². The molecule has 4 atom stereocenters. The summed E-state index contributed by atoms with van der Waals surface area (Å²) in [6, 6.07) is 49.8. The van der Waals surface area contributed by atoms with Crippen LogP contribution in [0.5, 0.6) is 11.5 Å². The molecule has 0 radical (unpaired) electrons. The average Bonchev–Trinajstić information content (AvgIpc) is 4.00. The summed E-state index contributed by atoms with van der Waals surface area (Å²) < 4.78 is 33.0. The minimum absolute atomic E-state index is 0.188. The van der Waals surface area contributed by atoms with Crippen molar-refractivity contribution in [3.05, 3.63) is 217 Å². The molecule has 10 heteroatoms. The number of carbonyl (C=O) groups is 2. The number of anilines is 2. The van der Waals surface area contributed by atoms with Crippen LogP contribution in [-0.2, 0) is 9.05 Å². The van der Waals surface area contributed by atoms with Crippen molar-refractivity contribution >= 4 is 47.4 Å². The second-order valence-electron chi connectivity index (χ2n) is 15.7. The Balaban J connectivity index is 0.996. The minimum atomic E-state index is -4.59. The number of benzene rings is 6. The molecule has 2 fully saturated rings. The van der Waals surface area contributed by atoms with E-state index in [0.717, 1.165) is 22.5 Å². The number of hydrogen-bond donors (Lipinski definition) is 0. The maximum absolute atomic E-state index is 15.4. The fourth-order valence-electron chi connectivity index (χ4n) is 10.0. The van der Waals surface area contributed by atoms with Crippen molar-refractivity contribution < 1.29 is 27.7 Å². The molecule has 0 N–H and O–H groups in total. The van der Waals surface area contributed by atoms with Crippen LogP contribution in [0, 0.1) is 0 Å². The number of carbonyl (C=O) groups excluding carboxylic acids is 2. The predicted octanol–water partition coefficient (Wildman–Crippen LogP) is 10.5. The predicted molar refractivity (Wildman–Crippen MR) is 240 cm³/mol. The summed E-state index contributed by atoms with van der Waals surface area (Å²) >= 11 is 0. The van der Waals surface area contributed by atoms with Gasteiger partial charge in [-0.3, -0.25) is 0 Å². The Morgan fingerprint density at radius 1 is 0.417 bits per heavy atom. The molecule has 0 bridgehead atoms. The van der Waals surface area contributed by atoms with Gasteiger partial charge in [0.15, 0.2) is 0 Å². The van der Waals surface area contributed by atoms with Crippen molar-refractivity contribution in [3.63, 3.8) is 0 Å². The van der Waals surface area contributed by atoms with Gasteiger partial charge in [-0.1, -0.05) is 0 Å². The first-order chi connectivity index (χ1) is 29.4. The standard InChI is InChI=1S/C50H38N2O6P2/c53-49(37-15-3-1-4-16-37)59(51(41-19-7-11-23-45(41)55-59)42-20-8-12-24-46(42)56-59)39-31-27-35(28-32-39)36-29-33-40(34-30-36)60(50(54)38-17-5-2-6-18-38)52(43-21-9-13-25-47(43)57-60)44-22-10-14-26-48(44)58-60/h1-34,41,43,45,47H. The van der Waals surface area contributed by atoms with Crippen LogP contribution in [0.3, 0.4) is 0 Å². The zero-order valence-corrected chi connectivity index (χ0v) is 34.0. The first-order valence-electron chi connectivity index (χ1n) is 20.1. The summed E-state index contributed by atoms with van der Waals surface area (Å²) in [5, 5.41) is 1.36. The van der Waals surface area contributed by atoms with E-state index in [-0.39, 0.29) is 23.1 Å². The van der Waals surface area contributed by atoms with Gasteiger partial charge in [-0.05, 0) is 0 Å². The Labute approximate surface area is 347 Å². The second-order valence-corrected chi connectivity index (χ2v) is 22.9. The van der Waals surface area contributed by atoms with E-state index < -0.39 is 26.6 Å². The van der Waals surface area contributed by atoms with Crippen LogP contribution in [0.15, 0.2) is 206 Å². The van der Waals surface area contributed by atoms with Gasteiger partial charge in [0.2, 0.25) is 0 Å². The molecule has 60 heavy (non-hydrogen) atoms. The van der Waals surface area contributed by atoms with Crippen molar-refractivity contribution in [2.75, 3.05) is 9.34 Å². The van der Waals surface area contributed by atoms with Gasteiger partial charge in [0.25, 0.3) is 0 Å². The third kappa shape index (κ3) is 4.38. The first kappa shape index (κ1) is 35.5. The molecule has 2 aliphatic carbocycles. The summed E-state index contributed by atoms with van der Waals surface area (Å²) in [5.74, 6) is 1.24. The molecule has 4 unspecified atom stereocenters. The van der Waals surface area contributed by atoms with Crippen molar-refractivity contribution in [1.82, 2.24) is 0 Å². The molecule has 6 aromatic carbocycles. The number of hydrogen-bond acceptors (Lipinski definition) is 8. The molecule has 0 aromatic heterocycles. The van der Waals surface area contributed by atoms with Crippen LogP contribution in [0.2, 0.25) is 0 Å². The van der Waals surface area contributed by atoms with Gasteiger partial charge in [0.05, 0.1) is 0 Å². The molecule has 4 heterocycles. The van der Waals surface area contributed by atoms with E-state index in [2.05, 4.69) is 21.5 Å². The molecule has 8 nitrogen and oxygen atoms in total. The molecular weight excluding hydrogens is 787 g/mol. The number of nitrogens with zero attached hydrogens (tertiary/aromatic N) is 2. The van der Waals surface area contributed by atoms with Crippen molar-refractivity contribution in [3.8, 4) is 22.6 Å². The third-order valence-corrected chi connectivity index (χ3v) is 21.8. The van der Waals surface area contributed by atoms with Crippen molar-refractivity contribution in [2.24, 2.45) is 0 Å². The van der Waals surface area contributed by atoms with E-state index >= 15 is 9.59 Å². The molecule has 0 saturated carbocycles. The molecule has 6 aromatic rings. The fraction of sp³-hybridized carbons (Fsp3) is 0.0800. The summed E-state index contributed by atoms with van der Waals surface area (Å²) in [5.41, 5.74) is 4.15. The SMILES string of the molecule is O=C(c1ccccc1)P12(c3ccc(-c4ccc(P56(C(=O)c7ccccc7)Oc7ccccc7N5C5C=CC=CC5O6)cc4)cc3)Oc3ccccc3N1C1C=CC=CC1O2.